The molecule has 0 atom stereocenters. The second kappa shape index (κ2) is 6.44. The van der Waals surface area contributed by atoms with E-state index in [2.05, 4.69) is 25.3 Å². The fourth-order valence-electron chi connectivity index (χ4n) is 2.75. The monoisotopic (exact) mass is 349 g/mol. The van der Waals surface area contributed by atoms with Gasteiger partial charge in [-0.1, -0.05) is 6.07 Å². The largest absolute Gasteiger partial charge is 0.373 e. The lowest BCUT2D eigenvalue weighted by Gasteiger charge is -2.10. The molecule has 2 aromatic heterocycles. The minimum atomic E-state index is -0.626. The van der Waals surface area contributed by atoms with Crippen LogP contribution in [0.4, 0.5) is 14.6 Å². The van der Waals surface area contributed by atoms with Crippen molar-refractivity contribution >= 4 is 16.7 Å². The molecule has 2 aromatic carbocycles. The van der Waals surface area contributed by atoms with Crippen molar-refractivity contribution in [1.82, 2.24) is 19.9 Å². The molecule has 0 saturated carbocycles. The molecular weight excluding hydrogens is 336 g/mol. The molecule has 0 saturated heterocycles. The maximum atomic E-state index is 13.5. The van der Waals surface area contributed by atoms with Crippen molar-refractivity contribution in [2.24, 2.45) is 0 Å². The molecule has 5 nitrogen and oxygen atoms in total. The number of hydrogen-bond donors (Lipinski definition) is 1. The first-order valence-electron chi connectivity index (χ1n) is 7.86. The van der Waals surface area contributed by atoms with Gasteiger partial charge < -0.3 is 5.32 Å². The van der Waals surface area contributed by atoms with Crippen LogP contribution in [-0.2, 0) is 0 Å². The summed E-state index contributed by atoms with van der Waals surface area (Å²) >= 11 is 0. The third-order valence-corrected chi connectivity index (χ3v) is 3.92. The Bertz CT molecular complexity index is 1080. The summed E-state index contributed by atoms with van der Waals surface area (Å²) in [6, 6.07) is 8.79. The average molecular weight is 349 g/mol. The number of rotatable bonds is 3. The Morgan fingerprint density at radius 1 is 0.885 bits per heavy atom. The Labute approximate surface area is 147 Å². The number of nitrogens with zero attached hydrogens (tertiary/aromatic N) is 4. The molecule has 0 aliphatic carbocycles. The summed E-state index contributed by atoms with van der Waals surface area (Å²) in [5.41, 5.74) is 2.26. The van der Waals surface area contributed by atoms with E-state index in [1.54, 1.807) is 37.8 Å². The lowest BCUT2D eigenvalue weighted by atomic mass is 10.0. The number of benzene rings is 2. The van der Waals surface area contributed by atoms with Crippen molar-refractivity contribution in [3.8, 4) is 22.6 Å². The van der Waals surface area contributed by atoms with Crippen LogP contribution in [-0.4, -0.2) is 27.0 Å². The molecule has 0 radical (unpaired) electrons. The molecular formula is C19H13F2N5. The molecule has 0 fully saturated rings. The maximum absolute atomic E-state index is 13.5. The second-order valence-electron chi connectivity index (χ2n) is 5.63. The van der Waals surface area contributed by atoms with Gasteiger partial charge >= 0.3 is 0 Å². The van der Waals surface area contributed by atoms with E-state index in [9.17, 15) is 8.78 Å². The van der Waals surface area contributed by atoms with E-state index < -0.39 is 11.6 Å². The standard InChI is InChI=1S/C19H13F2N5/c1-22-18-15-3-2-11(12-6-13(20)9-14(21)7-12)8-16(15)25-19(26-18)17-10-23-4-5-24-17/h2-10H,1H3,(H,22,25,26). The van der Waals surface area contributed by atoms with E-state index in [0.29, 0.717) is 34.0 Å². The van der Waals surface area contributed by atoms with Gasteiger partial charge in [-0.15, -0.1) is 0 Å². The highest BCUT2D eigenvalue weighted by Crippen LogP contribution is 2.29. The highest BCUT2D eigenvalue weighted by molar-refractivity contribution is 5.93. The lowest BCUT2D eigenvalue weighted by molar-refractivity contribution is 0.584. The van der Waals surface area contributed by atoms with Gasteiger partial charge in [-0.25, -0.2) is 23.7 Å². The summed E-state index contributed by atoms with van der Waals surface area (Å²) in [7, 11) is 1.76. The van der Waals surface area contributed by atoms with Gasteiger partial charge in [0.15, 0.2) is 5.82 Å². The van der Waals surface area contributed by atoms with Gasteiger partial charge in [0, 0.05) is 30.9 Å². The number of aromatic nitrogens is 4. The molecule has 0 amide bonds. The van der Waals surface area contributed by atoms with Crippen molar-refractivity contribution in [1.29, 1.82) is 0 Å². The SMILES string of the molecule is CNc1nc(-c2cnccn2)nc2cc(-c3cc(F)cc(F)c3)ccc12. The molecule has 7 heteroatoms. The summed E-state index contributed by atoms with van der Waals surface area (Å²) in [6.45, 7) is 0. The fraction of sp³-hybridized carbons (Fsp3) is 0.0526. The molecule has 0 aliphatic rings. The Morgan fingerprint density at radius 2 is 1.69 bits per heavy atom. The van der Waals surface area contributed by atoms with Gasteiger partial charge in [0.2, 0.25) is 0 Å². The van der Waals surface area contributed by atoms with Crippen LogP contribution in [0.1, 0.15) is 0 Å². The van der Waals surface area contributed by atoms with Crippen molar-refractivity contribution < 1.29 is 8.78 Å². The Kier molecular flexibility index (Phi) is 3.96. The molecule has 2 heterocycles. The van der Waals surface area contributed by atoms with Gasteiger partial charge in [-0.3, -0.25) is 4.98 Å². The third kappa shape index (κ3) is 2.95. The molecule has 4 aromatic rings. The number of halogens is 2. The van der Waals surface area contributed by atoms with Crippen LogP contribution in [0.5, 0.6) is 0 Å². The van der Waals surface area contributed by atoms with E-state index >= 15 is 0 Å². The van der Waals surface area contributed by atoms with Crippen LogP contribution in [0, 0.1) is 11.6 Å². The summed E-state index contributed by atoms with van der Waals surface area (Å²) in [4.78, 5) is 17.3. The second-order valence-corrected chi connectivity index (χ2v) is 5.63. The fourth-order valence-corrected chi connectivity index (χ4v) is 2.75. The quantitative estimate of drug-likeness (QED) is 0.604. The molecule has 0 spiro atoms. The van der Waals surface area contributed by atoms with Crippen LogP contribution >= 0.6 is 0 Å². The maximum Gasteiger partial charge on any atom is 0.182 e. The van der Waals surface area contributed by atoms with Crippen LogP contribution in [0.25, 0.3) is 33.5 Å². The normalized spacial score (nSPS) is 10.9. The van der Waals surface area contributed by atoms with Crippen molar-refractivity contribution in [2.45, 2.75) is 0 Å². The third-order valence-electron chi connectivity index (χ3n) is 3.92. The van der Waals surface area contributed by atoms with Gasteiger partial charge in [0.1, 0.15) is 23.1 Å². The van der Waals surface area contributed by atoms with Crippen molar-refractivity contribution in [3.05, 3.63) is 66.6 Å². The zero-order valence-corrected chi connectivity index (χ0v) is 13.7. The molecule has 4 rings (SSSR count). The van der Waals surface area contributed by atoms with E-state index in [-0.39, 0.29) is 0 Å². The van der Waals surface area contributed by atoms with E-state index in [1.165, 1.54) is 12.1 Å². The van der Waals surface area contributed by atoms with Crippen LogP contribution < -0.4 is 5.32 Å². The zero-order chi connectivity index (χ0) is 18.1. The molecule has 26 heavy (non-hydrogen) atoms. The first-order valence-corrected chi connectivity index (χ1v) is 7.86. The van der Waals surface area contributed by atoms with Crippen LogP contribution in [0.15, 0.2) is 55.0 Å². The predicted molar refractivity (Wildman–Crippen MR) is 95.5 cm³/mol. The predicted octanol–water partition coefficient (Wildman–Crippen LogP) is 4.07. The van der Waals surface area contributed by atoms with Gasteiger partial charge in [0.25, 0.3) is 0 Å². The van der Waals surface area contributed by atoms with E-state index in [4.69, 9.17) is 0 Å². The summed E-state index contributed by atoms with van der Waals surface area (Å²) in [6.07, 6.45) is 4.71. The first-order chi connectivity index (χ1) is 12.6. The smallest absolute Gasteiger partial charge is 0.182 e. The average Bonchev–Trinajstić information content (AvgIpc) is 2.66. The number of nitrogens with one attached hydrogen (secondary N) is 1. The summed E-state index contributed by atoms with van der Waals surface area (Å²) in [5, 5.41) is 3.83. The minimum Gasteiger partial charge on any atom is -0.373 e. The lowest BCUT2D eigenvalue weighted by Crippen LogP contribution is -2.00. The number of anilines is 1. The molecule has 0 aliphatic heterocycles. The summed E-state index contributed by atoms with van der Waals surface area (Å²) in [5.74, 6) is -0.206. The highest BCUT2D eigenvalue weighted by atomic mass is 19.1. The van der Waals surface area contributed by atoms with Gasteiger partial charge in [-0.2, -0.15) is 0 Å². The Balaban J connectivity index is 1.91. The van der Waals surface area contributed by atoms with Crippen molar-refractivity contribution in [3.63, 3.8) is 0 Å². The topological polar surface area (TPSA) is 63.6 Å². The molecule has 1 N–H and O–H groups in total. The molecule has 128 valence electrons. The molecule has 0 unspecified atom stereocenters. The minimum absolute atomic E-state index is 0.414. The zero-order valence-electron chi connectivity index (χ0n) is 13.7. The number of hydrogen-bond acceptors (Lipinski definition) is 5. The molecule has 0 bridgehead atoms. The van der Waals surface area contributed by atoms with Gasteiger partial charge in [0.05, 0.1) is 11.7 Å². The Hall–Kier alpha value is -3.48. The first kappa shape index (κ1) is 16.0. The van der Waals surface area contributed by atoms with Crippen LogP contribution in [0.2, 0.25) is 0 Å². The highest BCUT2D eigenvalue weighted by Gasteiger charge is 2.11. The van der Waals surface area contributed by atoms with Crippen LogP contribution in [0.3, 0.4) is 0 Å². The van der Waals surface area contributed by atoms with Gasteiger partial charge in [-0.05, 0) is 35.4 Å². The summed E-state index contributed by atoms with van der Waals surface area (Å²) < 4.78 is 27.1. The Morgan fingerprint density at radius 3 is 2.38 bits per heavy atom. The number of fused-ring (bicyclic) bond motifs is 1. The van der Waals surface area contributed by atoms with E-state index in [0.717, 1.165) is 11.5 Å². The van der Waals surface area contributed by atoms with Crippen molar-refractivity contribution in [2.75, 3.05) is 12.4 Å². The van der Waals surface area contributed by atoms with E-state index in [1.807, 2.05) is 6.07 Å².